The van der Waals surface area contributed by atoms with Gasteiger partial charge in [-0.3, -0.25) is 4.79 Å². The lowest BCUT2D eigenvalue weighted by Gasteiger charge is -2.11. The Morgan fingerprint density at radius 2 is 2.12 bits per heavy atom. The molecule has 1 aliphatic rings. The number of nitrogens with zero attached hydrogens (tertiary/aromatic N) is 2. The lowest BCUT2D eigenvalue weighted by atomic mass is 10.2. The second-order valence-corrected chi connectivity index (χ2v) is 7.93. The quantitative estimate of drug-likeness (QED) is 0.688. The molecule has 0 saturated heterocycles. The zero-order chi connectivity index (χ0) is 18.0. The maximum absolute atomic E-state index is 12.7. The van der Waals surface area contributed by atoms with E-state index < -0.39 is 17.6 Å². The molecule has 1 aromatic carbocycles. The fourth-order valence-electron chi connectivity index (χ4n) is 1.84. The van der Waals surface area contributed by atoms with Crippen LogP contribution in [0.15, 0.2) is 22.5 Å². The van der Waals surface area contributed by atoms with Crippen molar-refractivity contribution in [1.82, 2.24) is 10.2 Å². The highest BCUT2D eigenvalue weighted by Gasteiger charge is 2.31. The highest BCUT2D eigenvalue weighted by atomic mass is 35.5. The van der Waals surface area contributed by atoms with Crippen LogP contribution in [0.2, 0.25) is 5.02 Å². The van der Waals surface area contributed by atoms with Crippen molar-refractivity contribution in [1.29, 1.82) is 0 Å². The molecule has 3 rings (SSSR count). The molecule has 2 N–H and O–H groups in total. The predicted octanol–water partition coefficient (Wildman–Crippen LogP) is 4.52. The summed E-state index contributed by atoms with van der Waals surface area (Å²) < 4.78 is 38.8. The van der Waals surface area contributed by atoms with E-state index in [1.807, 2.05) is 0 Å². The second-order valence-electron chi connectivity index (χ2n) is 5.32. The topological polar surface area (TPSA) is 66.9 Å². The van der Waals surface area contributed by atoms with Gasteiger partial charge in [0, 0.05) is 6.04 Å². The third kappa shape index (κ3) is 5.23. The molecule has 1 heterocycles. The lowest BCUT2D eigenvalue weighted by molar-refractivity contribution is -0.137. The number of nitrogens with one attached hydrogen (secondary N) is 2. The molecular formula is C14H12ClF3N4OS2. The standard InChI is InChI=1S/C14H12ClF3N4OS2/c15-9-4-1-7(14(16,17)18)5-10(9)20-11(23)6-24-13-22-21-12(25-13)19-8-2-3-8/h1,4-5,8H,2-3,6H2,(H,19,21)(H,20,23). The van der Waals surface area contributed by atoms with Crippen LogP contribution in [-0.4, -0.2) is 27.9 Å². The minimum atomic E-state index is -4.50. The Hall–Kier alpha value is -1.52. The fraction of sp³-hybridized carbons (Fsp3) is 0.357. The molecule has 0 bridgehead atoms. The number of carbonyl (C=O) groups excluding carboxylic acids is 1. The number of anilines is 2. The molecule has 0 atom stereocenters. The Balaban J connectivity index is 1.56. The molecule has 2 aromatic rings. The van der Waals surface area contributed by atoms with Crippen molar-refractivity contribution in [2.75, 3.05) is 16.4 Å². The van der Waals surface area contributed by atoms with Crippen LogP contribution in [0, 0.1) is 0 Å². The predicted molar refractivity (Wildman–Crippen MR) is 92.4 cm³/mol. The second kappa shape index (κ2) is 7.38. The molecule has 5 nitrogen and oxygen atoms in total. The maximum Gasteiger partial charge on any atom is 0.416 e. The molecule has 0 spiro atoms. The number of halogens is 4. The van der Waals surface area contributed by atoms with Crippen molar-refractivity contribution < 1.29 is 18.0 Å². The van der Waals surface area contributed by atoms with Crippen LogP contribution in [0.25, 0.3) is 0 Å². The van der Waals surface area contributed by atoms with Gasteiger partial charge < -0.3 is 10.6 Å². The van der Waals surface area contributed by atoms with E-state index in [4.69, 9.17) is 11.6 Å². The minimum Gasteiger partial charge on any atom is -0.357 e. The van der Waals surface area contributed by atoms with E-state index in [1.54, 1.807) is 0 Å². The van der Waals surface area contributed by atoms with E-state index in [0.717, 1.165) is 42.8 Å². The van der Waals surface area contributed by atoms with Crippen molar-refractivity contribution in [3.05, 3.63) is 28.8 Å². The van der Waals surface area contributed by atoms with Crippen LogP contribution < -0.4 is 10.6 Å². The Kier molecular flexibility index (Phi) is 5.40. The van der Waals surface area contributed by atoms with Gasteiger partial charge in [-0.25, -0.2) is 0 Å². The maximum atomic E-state index is 12.7. The number of amides is 1. The van der Waals surface area contributed by atoms with E-state index in [9.17, 15) is 18.0 Å². The van der Waals surface area contributed by atoms with Crippen LogP contribution in [-0.2, 0) is 11.0 Å². The summed E-state index contributed by atoms with van der Waals surface area (Å²) in [5.74, 6) is -0.483. The molecule has 0 aliphatic heterocycles. The molecule has 1 aromatic heterocycles. The zero-order valence-electron chi connectivity index (χ0n) is 12.6. The molecule has 11 heteroatoms. The Morgan fingerprint density at radius 1 is 1.36 bits per heavy atom. The van der Waals surface area contributed by atoms with Gasteiger partial charge in [-0.1, -0.05) is 34.7 Å². The highest BCUT2D eigenvalue weighted by molar-refractivity contribution is 8.01. The first-order valence-corrected chi connectivity index (χ1v) is 9.39. The van der Waals surface area contributed by atoms with Gasteiger partial charge in [0.2, 0.25) is 11.0 Å². The number of thioether (sulfide) groups is 1. The Labute approximate surface area is 154 Å². The smallest absolute Gasteiger partial charge is 0.357 e. The number of aromatic nitrogens is 2. The molecule has 1 fully saturated rings. The first kappa shape index (κ1) is 18.3. The van der Waals surface area contributed by atoms with E-state index in [0.29, 0.717) is 15.5 Å². The largest absolute Gasteiger partial charge is 0.416 e. The Bertz CT molecular complexity index is 780. The number of hydrogen-bond donors (Lipinski definition) is 2. The van der Waals surface area contributed by atoms with Crippen molar-refractivity contribution in [3.63, 3.8) is 0 Å². The van der Waals surface area contributed by atoms with Crippen LogP contribution in [0.5, 0.6) is 0 Å². The van der Waals surface area contributed by atoms with Crippen molar-refractivity contribution >= 4 is 51.4 Å². The number of carbonyl (C=O) groups is 1. The fourth-order valence-corrected chi connectivity index (χ4v) is 3.63. The number of benzene rings is 1. The molecule has 1 aliphatic carbocycles. The van der Waals surface area contributed by atoms with Gasteiger partial charge >= 0.3 is 6.18 Å². The number of rotatable bonds is 6. The monoisotopic (exact) mass is 408 g/mol. The van der Waals surface area contributed by atoms with Crippen LogP contribution >= 0.6 is 34.7 Å². The van der Waals surface area contributed by atoms with Crippen LogP contribution in [0.3, 0.4) is 0 Å². The average molecular weight is 409 g/mol. The van der Waals surface area contributed by atoms with Gasteiger partial charge in [-0.05, 0) is 31.0 Å². The van der Waals surface area contributed by atoms with Crippen LogP contribution in [0.4, 0.5) is 24.0 Å². The lowest BCUT2D eigenvalue weighted by Crippen LogP contribution is -2.15. The zero-order valence-corrected chi connectivity index (χ0v) is 15.0. The first-order chi connectivity index (χ1) is 11.8. The van der Waals surface area contributed by atoms with Gasteiger partial charge in [0.15, 0.2) is 4.34 Å². The summed E-state index contributed by atoms with van der Waals surface area (Å²) in [5, 5.41) is 14.3. The summed E-state index contributed by atoms with van der Waals surface area (Å²) in [6.07, 6.45) is -2.28. The van der Waals surface area contributed by atoms with E-state index >= 15 is 0 Å². The molecule has 1 saturated carbocycles. The summed E-state index contributed by atoms with van der Waals surface area (Å²) in [7, 11) is 0. The SMILES string of the molecule is O=C(CSc1nnc(NC2CC2)s1)Nc1cc(C(F)(F)F)ccc1Cl. The summed E-state index contributed by atoms with van der Waals surface area (Å²) in [4.78, 5) is 12.0. The van der Waals surface area contributed by atoms with E-state index in [1.165, 1.54) is 11.3 Å². The third-order valence-electron chi connectivity index (χ3n) is 3.21. The minimum absolute atomic E-state index is 0.00929. The molecule has 0 radical (unpaired) electrons. The molecule has 134 valence electrons. The van der Waals surface area contributed by atoms with Gasteiger partial charge in [-0.2, -0.15) is 13.2 Å². The van der Waals surface area contributed by atoms with Gasteiger partial charge in [0.25, 0.3) is 0 Å². The molecule has 0 unspecified atom stereocenters. The normalized spacial score (nSPS) is 14.4. The average Bonchev–Trinajstić information content (AvgIpc) is 3.23. The van der Waals surface area contributed by atoms with Crippen LogP contribution in [0.1, 0.15) is 18.4 Å². The number of alkyl halides is 3. The van der Waals surface area contributed by atoms with Gasteiger partial charge in [-0.15, -0.1) is 10.2 Å². The van der Waals surface area contributed by atoms with E-state index in [-0.39, 0.29) is 16.5 Å². The van der Waals surface area contributed by atoms with Crippen molar-refractivity contribution in [3.8, 4) is 0 Å². The summed E-state index contributed by atoms with van der Waals surface area (Å²) in [6.45, 7) is 0. The number of hydrogen-bond acceptors (Lipinski definition) is 6. The van der Waals surface area contributed by atoms with Crippen molar-refractivity contribution in [2.24, 2.45) is 0 Å². The van der Waals surface area contributed by atoms with Crippen molar-refractivity contribution in [2.45, 2.75) is 29.4 Å². The highest BCUT2D eigenvalue weighted by Crippen LogP contribution is 2.34. The molecule has 25 heavy (non-hydrogen) atoms. The third-order valence-corrected chi connectivity index (χ3v) is 5.52. The van der Waals surface area contributed by atoms with Gasteiger partial charge in [0.05, 0.1) is 22.0 Å². The summed E-state index contributed by atoms with van der Waals surface area (Å²) in [5.41, 5.74) is -0.949. The van der Waals surface area contributed by atoms with E-state index in [2.05, 4.69) is 20.8 Å². The summed E-state index contributed by atoms with van der Waals surface area (Å²) >= 11 is 8.34. The van der Waals surface area contributed by atoms with Gasteiger partial charge in [0.1, 0.15) is 0 Å². The summed E-state index contributed by atoms with van der Waals surface area (Å²) in [6, 6.07) is 3.24. The Morgan fingerprint density at radius 3 is 2.80 bits per heavy atom. The molecular weight excluding hydrogens is 397 g/mol. The molecule has 1 amide bonds. The first-order valence-electron chi connectivity index (χ1n) is 7.21.